The van der Waals surface area contributed by atoms with Crippen molar-refractivity contribution < 1.29 is 14.2 Å². The molecule has 5 nitrogen and oxygen atoms in total. The van der Waals surface area contributed by atoms with Crippen molar-refractivity contribution >= 4 is 18.8 Å². The first-order valence-corrected chi connectivity index (χ1v) is 9.33. The van der Waals surface area contributed by atoms with Crippen molar-refractivity contribution in [3.05, 3.63) is 66.0 Å². The lowest BCUT2D eigenvalue weighted by molar-refractivity contribution is -0.116. The lowest BCUT2D eigenvalue weighted by Crippen LogP contribution is -2.31. The highest BCUT2D eigenvalue weighted by Gasteiger charge is 2.21. The van der Waals surface area contributed by atoms with Crippen LogP contribution >= 0.6 is 7.14 Å². The van der Waals surface area contributed by atoms with E-state index in [2.05, 4.69) is 10.3 Å². The van der Waals surface area contributed by atoms with Crippen LogP contribution in [0.15, 0.2) is 54.7 Å². The molecule has 0 aliphatic rings. The highest BCUT2D eigenvalue weighted by molar-refractivity contribution is 7.62. The molecule has 114 valence electrons. The number of carbonyl (C=O) groups excluding carboxylic acids is 2. The van der Waals surface area contributed by atoms with Gasteiger partial charge in [0, 0.05) is 23.6 Å². The van der Waals surface area contributed by atoms with Gasteiger partial charge in [-0.15, -0.1) is 0 Å². The van der Waals surface area contributed by atoms with Crippen LogP contribution in [-0.2, 0) is 15.5 Å². The van der Waals surface area contributed by atoms with Crippen molar-refractivity contribution in [3.63, 3.8) is 0 Å². The van der Waals surface area contributed by atoms with Gasteiger partial charge in [-0.25, -0.2) is 0 Å². The Balaban J connectivity index is 1.93. The molecular weight excluding hydrogens is 299 g/mol. The lowest BCUT2D eigenvalue weighted by Gasteiger charge is -2.13. The SMILES string of the molecule is CP(=O)(CNC(=O)C(=O)c1ccccc1)Cc1ccccn1. The van der Waals surface area contributed by atoms with Crippen LogP contribution in [0.5, 0.6) is 0 Å². The Kier molecular flexibility index (Phi) is 5.23. The number of nitrogens with one attached hydrogen (secondary N) is 1. The van der Waals surface area contributed by atoms with Gasteiger partial charge in [0.25, 0.3) is 5.91 Å². The number of amides is 1. The highest BCUT2D eigenvalue weighted by Crippen LogP contribution is 2.43. The number of aromatic nitrogens is 1. The number of benzene rings is 1. The Bertz CT molecular complexity index is 702. The molecule has 6 heteroatoms. The topological polar surface area (TPSA) is 76.1 Å². The van der Waals surface area contributed by atoms with E-state index in [1.54, 1.807) is 55.3 Å². The molecule has 2 aromatic rings. The van der Waals surface area contributed by atoms with Crippen molar-refractivity contribution in [2.24, 2.45) is 0 Å². The number of pyridine rings is 1. The number of hydrogen-bond donors (Lipinski definition) is 1. The minimum absolute atomic E-state index is 0.0268. The molecule has 1 aromatic carbocycles. The molecule has 0 saturated heterocycles. The second-order valence-corrected chi connectivity index (χ2v) is 8.36. The van der Waals surface area contributed by atoms with Gasteiger partial charge in [-0.2, -0.15) is 0 Å². The zero-order valence-corrected chi connectivity index (χ0v) is 13.1. The Morgan fingerprint density at radius 1 is 1.09 bits per heavy atom. The van der Waals surface area contributed by atoms with E-state index in [4.69, 9.17) is 0 Å². The number of Topliss-reactive ketones (excluding diaryl/α,β-unsaturated/α-hetero) is 1. The summed E-state index contributed by atoms with van der Waals surface area (Å²) in [5, 5.41) is 2.46. The van der Waals surface area contributed by atoms with E-state index in [0.29, 0.717) is 11.3 Å². The van der Waals surface area contributed by atoms with Crippen LogP contribution in [0.1, 0.15) is 16.1 Å². The Labute approximate surface area is 129 Å². The molecule has 1 N–H and O–H groups in total. The fourth-order valence-corrected chi connectivity index (χ4v) is 3.39. The number of carbonyl (C=O) groups is 2. The molecule has 2 rings (SSSR count). The van der Waals surface area contributed by atoms with Crippen LogP contribution in [0.3, 0.4) is 0 Å². The van der Waals surface area contributed by atoms with Crippen molar-refractivity contribution in [2.45, 2.75) is 6.16 Å². The van der Waals surface area contributed by atoms with Crippen LogP contribution in [0.4, 0.5) is 0 Å². The van der Waals surface area contributed by atoms with E-state index in [9.17, 15) is 14.2 Å². The van der Waals surface area contributed by atoms with Gasteiger partial charge in [0.05, 0.1) is 6.29 Å². The normalized spacial score (nSPS) is 13.1. The van der Waals surface area contributed by atoms with Crippen molar-refractivity contribution in [1.82, 2.24) is 10.3 Å². The fourth-order valence-electron chi connectivity index (χ4n) is 1.93. The molecule has 0 aliphatic heterocycles. The summed E-state index contributed by atoms with van der Waals surface area (Å²) < 4.78 is 12.5. The maximum Gasteiger partial charge on any atom is 0.292 e. The summed E-state index contributed by atoms with van der Waals surface area (Å²) in [6, 6.07) is 13.7. The zero-order chi connectivity index (χ0) is 16.0. The van der Waals surface area contributed by atoms with E-state index in [1.165, 1.54) is 0 Å². The monoisotopic (exact) mass is 316 g/mol. The van der Waals surface area contributed by atoms with Gasteiger partial charge in [-0.1, -0.05) is 36.4 Å². The van der Waals surface area contributed by atoms with Gasteiger partial charge in [-0.3, -0.25) is 14.6 Å². The Morgan fingerprint density at radius 3 is 2.41 bits per heavy atom. The summed E-state index contributed by atoms with van der Waals surface area (Å²) in [5.41, 5.74) is 1.02. The summed E-state index contributed by atoms with van der Waals surface area (Å²) in [4.78, 5) is 27.9. The largest absolute Gasteiger partial charge is 0.342 e. The van der Waals surface area contributed by atoms with E-state index < -0.39 is 18.8 Å². The Morgan fingerprint density at radius 2 is 1.77 bits per heavy atom. The predicted molar refractivity (Wildman–Crippen MR) is 85.3 cm³/mol. The summed E-state index contributed by atoms with van der Waals surface area (Å²) in [6.45, 7) is 1.59. The second kappa shape index (κ2) is 7.14. The molecule has 1 aromatic heterocycles. The van der Waals surface area contributed by atoms with Crippen molar-refractivity contribution in [1.29, 1.82) is 0 Å². The third kappa shape index (κ3) is 4.64. The van der Waals surface area contributed by atoms with Gasteiger partial charge in [-0.05, 0) is 18.8 Å². The highest BCUT2D eigenvalue weighted by atomic mass is 31.2. The molecule has 1 atom stereocenters. The minimum atomic E-state index is -2.65. The van der Waals surface area contributed by atoms with Gasteiger partial charge in [0.1, 0.15) is 7.14 Å². The maximum absolute atomic E-state index is 12.5. The third-order valence-corrected chi connectivity index (χ3v) is 4.86. The summed E-state index contributed by atoms with van der Waals surface area (Å²) in [5.74, 6) is -1.37. The molecule has 1 unspecified atom stereocenters. The molecule has 1 heterocycles. The predicted octanol–water partition coefficient (Wildman–Crippen LogP) is 2.53. The van der Waals surface area contributed by atoms with Gasteiger partial charge < -0.3 is 9.88 Å². The number of hydrogen-bond acceptors (Lipinski definition) is 4. The average molecular weight is 316 g/mol. The Hall–Kier alpha value is -2.26. The third-order valence-electron chi connectivity index (χ3n) is 3.04. The minimum Gasteiger partial charge on any atom is -0.342 e. The molecule has 0 radical (unpaired) electrons. The van der Waals surface area contributed by atoms with Crippen molar-refractivity contribution in [2.75, 3.05) is 13.0 Å². The molecule has 0 bridgehead atoms. The number of rotatable bonds is 6. The van der Waals surface area contributed by atoms with Crippen LogP contribution in [0.25, 0.3) is 0 Å². The van der Waals surface area contributed by atoms with E-state index in [1.807, 2.05) is 6.07 Å². The summed E-state index contributed by atoms with van der Waals surface area (Å²) in [7, 11) is -2.65. The molecule has 0 aliphatic carbocycles. The van der Waals surface area contributed by atoms with E-state index >= 15 is 0 Å². The fraction of sp³-hybridized carbons (Fsp3) is 0.188. The van der Waals surface area contributed by atoms with Gasteiger partial charge >= 0.3 is 0 Å². The maximum atomic E-state index is 12.5. The quantitative estimate of drug-likeness (QED) is 0.505. The summed E-state index contributed by atoms with van der Waals surface area (Å²) in [6.07, 6.45) is 1.89. The van der Waals surface area contributed by atoms with Gasteiger partial charge in [0.15, 0.2) is 0 Å². The molecule has 0 fully saturated rings. The smallest absolute Gasteiger partial charge is 0.292 e. The summed E-state index contributed by atoms with van der Waals surface area (Å²) >= 11 is 0. The van der Waals surface area contributed by atoms with Crippen LogP contribution < -0.4 is 5.32 Å². The number of ketones is 1. The van der Waals surface area contributed by atoms with E-state index in [0.717, 1.165) is 0 Å². The first-order valence-electron chi connectivity index (χ1n) is 6.81. The lowest BCUT2D eigenvalue weighted by atomic mass is 10.1. The molecule has 22 heavy (non-hydrogen) atoms. The standard InChI is InChI=1S/C16H17N2O3P/c1-22(21,11-14-9-5-6-10-17-14)12-18-16(20)15(19)13-7-3-2-4-8-13/h2-10H,11-12H2,1H3,(H,18,20). The van der Waals surface area contributed by atoms with Gasteiger partial charge in [0.2, 0.25) is 5.78 Å². The molecule has 1 amide bonds. The van der Waals surface area contributed by atoms with Crippen LogP contribution in [-0.4, -0.2) is 29.6 Å². The van der Waals surface area contributed by atoms with Crippen LogP contribution in [0.2, 0.25) is 0 Å². The average Bonchev–Trinajstić information content (AvgIpc) is 2.53. The zero-order valence-electron chi connectivity index (χ0n) is 12.2. The molecular formula is C16H17N2O3P. The molecule has 0 saturated carbocycles. The molecule has 0 spiro atoms. The van der Waals surface area contributed by atoms with Crippen LogP contribution in [0, 0.1) is 0 Å². The first kappa shape index (κ1) is 16.1. The van der Waals surface area contributed by atoms with Crippen molar-refractivity contribution in [3.8, 4) is 0 Å². The first-order chi connectivity index (χ1) is 10.5. The van der Waals surface area contributed by atoms with E-state index in [-0.39, 0.29) is 12.4 Å². The number of nitrogens with zero attached hydrogens (tertiary/aromatic N) is 1. The second-order valence-electron chi connectivity index (χ2n) is 5.14.